The lowest BCUT2D eigenvalue weighted by molar-refractivity contribution is -0.138. The number of nitrogens with zero attached hydrogens (tertiary/aromatic N) is 1. The molecule has 8 heteroatoms. The van der Waals surface area contributed by atoms with Crippen LogP contribution in [0.2, 0.25) is 0 Å². The summed E-state index contributed by atoms with van der Waals surface area (Å²) in [6, 6.07) is 12.1. The van der Waals surface area contributed by atoms with Crippen LogP contribution in [0.1, 0.15) is 89.0 Å². The minimum atomic E-state index is -0.884. The fraction of sp³-hybridized carbons (Fsp3) is 0.531. The number of carbonyl (C=O) groups is 3. The Balaban J connectivity index is 2.38. The zero-order valence-corrected chi connectivity index (χ0v) is 25.3. The minimum Gasteiger partial charge on any atom is -0.497 e. The van der Waals surface area contributed by atoms with Crippen LogP contribution in [0.25, 0.3) is 0 Å². The van der Waals surface area contributed by atoms with Crippen molar-refractivity contribution in [2.24, 2.45) is 0 Å². The molecule has 2 rings (SSSR count). The molecule has 0 spiro atoms. The third kappa shape index (κ3) is 10.9. The summed E-state index contributed by atoms with van der Waals surface area (Å²) in [7, 11) is 1.58. The second-order valence-corrected chi connectivity index (χ2v) is 11.2. The van der Waals surface area contributed by atoms with Crippen LogP contribution >= 0.6 is 0 Å². The highest BCUT2D eigenvalue weighted by molar-refractivity contribution is 5.98. The summed E-state index contributed by atoms with van der Waals surface area (Å²) in [5.74, 6) is 0.00263. The lowest BCUT2D eigenvalue weighted by Gasteiger charge is -2.33. The van der Waals surface area contributed by atoms with Gasteiger partial charge in [-0.05, 0) is 76.4 Å². The molecule has 0 heterocycles. The van der Waals surface area contributed by atoms with Gasteiger partial charge >= 0.3 is 6.09 Å². The molecule has 0 aliphatic rings. The van der Waals surface area contributed by atoms with Gasteiger partial charge in [-0.1, -0.05) is 62.8 Å². The van der Waals surface area contributed by atoms with Crippen molar-refractivity contribution in [2.45, 2.75) is 91.7 Å². The number of methoxy groups -OCH3 is 1. The van der Waals surface area contributed by atoms with Crippen LogP contribution in [0.4, 0.5) is 10.5 Å². The zero-order chi connectivity index (χ0) is 29.7. The first-order chi connectivity index (χ1) is 18.9. The first kappa shape index (κ1) is 32.7. The van der Waals surface area contributed by atoms with Gasteiger partial charge in [0.2, 0.25) is 5.91 Å². The highest BCUT2D eigenvalue weighted by Crippen LogP contribution is 2.28. The van der Waals surface area contributed by atoms with Crippen LogP contribution in [0.5, 0.6) is 5.75 Å². The van der Waals surface area contributed by atoms with E-state index in [1.807, 2.05) is 32.0 Å². The van der Waals surface area contributed by atoms with Crippen LogP contribution in [0, 0.1) is 13.8 Å². The topological polar surface area (TPSA) is 97.0 Å². The largest absolute Gasteiger partial charge is 0.497 e. The maximum Gasteiger partial charge on any atom is 0.408 e. The maximum atomic E-state index is 13.9. The molecule has 8 nitrogen and oxygen atoms in total. The number of nitrogens with one attached hydrogen (secondary N) is 2. The summed E-state index contributed by atoms with van der Waals surface area (Å²) in [6.45, 7) is 11.5. The molecule has 220 valence electrons. The lowest BCUT2D eigenvalue weighted by Crippen LogP contribution is -2.47. The van der Waals surface area contributed by atoms with E-state index in [2.05, 4.69) is 17.6 Å². The summed E-state index contributed by atoms with van der Waals surface area (Å²) >= 11 is 0. The van der Waals surface area contributed by atoms with Gasteiger partial charge in [0.1, 0.15) is 23.9 Å². The Kier molecular flexibility index (Phi) is 13.0. The number of carbonyl (C=O) groups excluding carboxylic acids is 3. The van der Waals surface area contributed by atoms with Gasteiger partial charge < -0.3 is 25.0 Å². The fourth-order valence-corrected chi connectivity index (χ4v) is 4.41. The molecule has 2 aromatic rings. The standard InChI is InChI=1S/C32H47N3O5/c1-8-9-10-11-12-13-20-35(28(36)22-33-31(38)40-32(4,5)6)29(27-21-23(2)14-15-24(27)3)30(37)34-25-16-18-26(39-7)19-17-25/h14-19,21,29H,8-13,20,22H2,1-7H3,(H,33,38)(H,34,37). The number of hydrogen-bond donors (Lipinski definition) is 2. The van der Waals surface area contributed by atoms with Gasteiger partial charge in [0.25, 0.3) is 5.91 Å². The predicted octanol–water partition coefficient (Wildman–Crippen LogP) is 6.71. The number of alkyl carbamates (subject to hydrolysis) is 1. The average molecular weight is 554 g/mol. The highest BCUT2D eigenvalue weighted by Gasteiger charge is 2.33. The van der Waals surface area contributed by atoms with Crippen molar-refractivity contribution in [3.05, 3.63) is 59.2 Å². The van der Waals surface area contributed by atoms with Gasteiger partial charge in [-0.2, -0.15) is 0 Å². The summed E-state index contributed by atoms with van der Waals surface area (Å²) in [5, 5.41) is 5.56. The fourth-order valence-electron chi connectivity index (χ4n) is 4.41. The SMILES string of the molecule is CCCCCCCCN(C(=O)CNC(=O)OC(C)(C)C)C(C(=O)Nc1ccc(OC)cc1)c1cc(C)ccc1C. The predicted molar refractivity (Wildman–Crippen MR) is 160 cm³/mol. The lowest BCUT2D eigenvalue weighted by atomic mass is 9.96. The van der Waals surface area contributed by atoms with Crippen molar-refractivity contribution < 1.29 is 23.9 Å². The van der Waals surface area contributed by atoms with Crippen molar-refractivity contribution in [3.63, 3.8) is 0 Å². The Labute approximate surface area is 239 Å². The molecule has 2 aromatic carbocycles. The van der Waals surface area contributed by atoms with Crippen LogP contribution < -0.4 is 15.4 Å². The van der Waals surface area contributed by atoms with Crippen LogP contribution in [-0.2, 0) is 14.3 Å². The zero-order valence-electron chi connectivity index (χ0n) is 25.3. The molecule has 0 fully saturated rings. The highest BCUT2D eigenvalue weighted by atomic mass is 16.6. The van der Waals surface area contributed by atoms with Crippen molar-refractivity contribution in [1.82, 2.24) is 10.2 Å². The third-order valence-electron chi connectivity index (χ3n) is 6.50. The molecule has 1 unspecified atom stereocenters. The molecule has 0 saturated heterocycles. The van der Waals surface area contributed by atoms with Crippen molar-refractivity contribution in [1.29, 1.82) is 0 Å². The average Bonchev–Trinajstić information content (AvgIpc) is 2.89. The van der Waals surface area contributed by atoms with E-state index in [0.717, 1.165) is 48.8 Å². The number of aryl methyl sites for hydroxylation is 2. The molecule has 3 amide bonds. The number of unbranched alkanes of at least 4 members (excludes halogenated alkanes) is 5. The van der Waals surface area contributed by atoms with E-state index in [-0.39, 0.29) is 18.4 Å². The molecule has 0 aliphatic heterocycles. The maximum absolute atomic E-state index is 13.9. The summed E-state index contributed by atoms with van der Waals surface area (Å²) in [6.07, 6.45) is 5.56. The summed E-state index contributed by atoms with van der Waals surface area (Å²) in [5.41, 5.74) is 2.55. The normalized spacial score (nSPS) is 11.9. The Morgan fingerprint density at radius 1 is 0.925 bits per heavy atom. The van der Waals surface area contributed by atoms with E-state index in [9.17, 15) is 14.4 Å². The Morgan fingerprint density at radius 3 is 2.20 bits per heavy atom. The minimum absolute atomic E-state index is 0.276. The van der Waals surface area contributed by atoms with Gasteiger partial charge in [-0.25, -0.2) is 4.79 Å². The van der Waals surface area contributed by atoms with Gasteiger partial charge in [0.05, 0.1) is 7.11 Å². The second-order valence-electron chi connectivity index (χ2n) is 11.2. The molecule has 40 heavy (non-hydrogen) atoms. The molecule has 2 N–H and O–H groups in total. The number of hydrogen-bond acceptors (Lipinski definition) is 5. The van der Waals surface area contributed by atoms with Gasteiger partial charge in [-0.3, -0.25) is 9.59 Å². The van der Waals surface area contributed by atoms with E-state index in [1.54, 1.807) is 57.0 Å². The van der Waals surface area contributed by atoms with Crippen molar-refractivity contribution >= 4 is 23.6 Å². The number of rotatable bonds is 14. The Morgan fingerprint density at radius 2 is 1.57 bits per heavy atom. The molecule has 0 saturated carbocycles. The monoisotopic (exact) mass is 553 g/mol. The van der Waals surface area contributed by atoms with E-state index in [0.29, 0.717) is 18.0 Å². The van der Waals surface area contributed by atoms with E-state index in [1.165, 1.54) is 6.42 Å². The van der Waals surface area contributed by atoms with Crippen molar-refractivity contribution in [3.8, 4) is 5.75 Å². The first-order valence-electron chi connectivity index (χ1n) is 14.2. The van der Waals surface area contributed by atoms with Gasteiger partial charge in [-0.15, -0.1) is 0 Å². The number of ether oxygens (including phenoxy) is 2. The van der Waals surface area contributed by atoms with E-state index in [4.69, 9.17) is 9.47 Å². The number of benzene rings is 2. The summed E-state index contributed by atoms with van der Waals surface area (Å²) < 4.78 is 10.6. The summed E-state index contributed by atoms with van der Waals surface area (Å²) in [4.78, 5) is 41.5. The quantitative estimate of drug-likeness (QED) is 0.254. The molecule has 0 aromatic heterocycles. The van der Waals surface area contributed by atoms with Gasteiger partial charge in [0.15, 0.2) is 0 Å². The molecular weight excluding hydrogens is 506 g/mol. The van der Waals surface area contributed by atoms with Crippen LogP contribution in [0.15, 0.2) is 42.5 Å². The van der Waals surface area contributed by atoms with Crippen LogP contribution in [-0.4, -0.2) is 48.6 Å². The molecule has 0 bridgehead atoms. The first-order valence-corrected chi connectivity index (χ1v) is 14.2. The second kappa shape index (κ2) is 15.9. The molecule has 0 radical (unpaired) electrons. The number of anilines is 1. The number of amides is 3. The third-order valence-corrected chi connectivity index (χ3v) is 6.50. The Hall–Kier alpha value is -3.55. The smallest absolute Gasteiger partial charge is 0.408 e. The van der Waals surface area contributed by atoms with Crippen molar-refractivity contribution in [2.75, 3.05) is 25.5 Å². The van der Waals surface area contributed by atoms with E-state index >= 15 is 0 Å². The van der Waals surface area contributed by atoms with E-state index < -0.39 is 17.7 Å². The van der Waals surface area contributed by atoms with Gasteiger partial charge in [0, 0.05) is 12.2 Å². The van der Waals surface area contributed by atoms with Crippen LogP contribution in [0.3, 0.4) is 0 Å². The Bertz CT molecular complexity index is 1110. The molecular formula is C32H47N3O5. The molecule has 1 atom stereocenters. The molecule has 0 aliphatic carbocycles.